The van der Waals surface area contributed by atoms with Gasteiger partial charge in [0.2, 0.25) is 0 Å². The number of carbonyl (C=O) groups excluding carboxylic acids is 2. The summed E-state index contributed by atoms with van der Waals surface area (Å²) >= 11 is 1.07. The Balaban J connectivity index is 4.09. The minimum atomic E-state index is -0.488. The van der Waals surface area contributed by atoms with Crippen molar-refractivity contribution in [2.75, 3.05) is 12.9 Å². The van der Waals surface area contributed by atoms with Crippen LogP contribution in [0.2, 0.25) is 0 Å². The van der Waals surface area contributed by atoms with Gasteiger partial charge in [-0.05, 0) is 6.42 Å². The summed E-state index contributed by atoms with van der Waals surface area (Å²) in [4.78, 5) is 22.4. The first-order chi connectivity index (χ1) is 7.15. The number of hydrogen-bond acceptors (Lipinski definition) is 5. The van der Waals surface area contributed by atoms with Gasteiger partial charge in [-0.15, -0.1) is 6.58 Å². The molecule has 0 aliphatic carbocycles. The summed E-state index contributed by atoms with van der Waals surface area (Å²) < 4.78 is 9.37. The summed E-state index contributed by atoms with van der Waals surface area (Å²) in [5.74, 6) is -0.610. The first-order valence-electron chi connectivity index (χ1n) is 4.66. The van der Waals surface area contributed by atoms with Crippen molar-refractivity contribution >= 4 is 24.0 Å². The van der Waals surface area contributed by atoms with Gasteiger partial charge in [-0.25, -0.2) is 0 Å². The molecular formula is C10H16O4S. The molecule has 5 heteroatoms. The Bertz CT molecular complexity index is 227. The lowest BCUT2D eigenvalue weighted by atomic mass is 10.0. The predicted octanol–water partition coefficient (Wildman–Crippen LogP) is 1.95. The Morgan fingerprint density at radius 3 is 2.67 bits per heavy atom. The maximum atomic E-state index is 11.2. The number of hydrogen-bond donors (Lipinski definition) is 0. The lowest BCUT2D eigenvalue weighted by molar-refractivity contribution is -0.149. The van der Waals surface area contributed by atoms with E-state index in [1.54, 1.807) is 6.08 Å². The Labute approximate surface area is 94.2 Å². The van der Waals surface area contributed by atoms with Gasteiger partial charge in [-0.2, -0.15) is 0 Å². The fourth-order valence-electron chi connectivity index (χ4n) is 0.991. The van der Waals surface area contributed by atoms with Crippen molar-refractivity contribution in [3.05, 3.63) is 12.7 Å². The van der Waals surface area contributed by atoms with Crippen LogP contribution in [0, 0.1) is 5.92 Å². The van der Waals surface area contributed by atoms with Crippen LogP contribution in [0.4, 0.5) is 0 Å². The molecule has 0 heterocycles. The predicted molar refractivity (Wildman–Crippen MR) is 59.2 cm³/mol. The van der Waals surface area contributed by atoms with Crippen molar-refractivity contribution in [2.45, 2.75) is 19.8 Å². The lowest BCUT2D eigenvalue weighted by Gasteiger charge is -2.10. The van der Waals surface area contributed by atoms with Crippen LogP contribution in [0.3, 0.4) is 0 Å². The third-order valence-corrected chi connectivity index (χ3v) is 2.21. The van der Waals surface area contributed by atoms with Gasteiger partial charge >= 0.3 is 11.9 Å². The van der Waals surface area contributed by atoms with Crippen molar-refractivity contribution in [1.82, 2.24) is 0 Å². The highest BCUT2D eigenvalue weighted by atomic mass is 32.2. The van der Waals surface area contributed by atoms with Crippen molar-refractivity contribution < 1.29 is 18.5 Å². The molecule has 15 heavy (non-hydrogen) atoms. The van der Waals surface area contributed by atoms with E-state index in [0.717, 1.165) is 12.0 Å². The molecule has 0 aromatic rings. The zero-order valence-electron chi connectivity index (χ0n) is 9.02. The van der Waals surface area contributed by atoms with Gasteiger partial charge in [0.25, 0.3) is 0 Å². The first kappa shape index (κ1) is 14.0. The highest BCUT2D eigenvalue weighted by Gasteiger charge is 2.22. The van der Waals surface area contributed by atoms with Gasteiger partial charge < -0.3 is 8.92 Å². The van der Waals surface area contributed by atoms with Crippen molar-refractivity contribution in [1.29, 1.82) is 0 Å². The number of allylic oxidation sites excluding steroid dienone is 1. The van der Waals surface area contributed by atoms with Gasteiger partial charge in [-0.1, -0.05) is 13.0 Å². The van der Waals surface area contributed by atoms with E-state index < -0.39 is 17.9 Å². The Morgan fingerprint density at radius 1 is 1.53 bits per heavy atom. The molecule has 0 saturated heterocycles. The molecule has 0 N–H and O–H groups in total. The molecule has 0 rings (SSSR count). The zero-order chi connectivity index (χ0) is 11.7. The molecule has 0 spiro atoms. The summed E-state index contributed by atoms with van der Waals surface area (Å²) in [7, 11) is 1.30. The van der Waals surface area contributed by atoms with Crippen LogP contribution in [0.15, 0.2) is 12.7 Å². The van der Waals surface area contributed by atoms with Crippen LogP contribution in [-0.4, -0.2) is 24.8 Å². The summed E-state index contributed by atoms with van der Waals surface area (Å²) in [6.45, 7) is 5.40. The standard InChI is InChI=1S/C10H16O4S/c1-4-6-8(10(12)13-3)7-9(11)14-15-5-2/h4,8H,1,5-7H2,2-3H3. The van der Waals surface area contributed by atoms with E-state index in [-0.39, 0.29) is 6.42 Å². The molecule has 1 unspecified atom stereocenters. The van der Waals surface area contributed by atoms with Crippen LogP contribution >= 0.6 is 12.0 Å². The molecule has 0 amide bonds. The maximum Gasteiger partial charge on any atom is 0.318 e. The van der Waals surface area contributed by atoms with E-state index in [4.69, 9.17) is 4.18 Å². The average molecular weight is 232 g/mol. The molecule has 0 aliphatic heterocycles. The second-order valence-corrected chi connectivity index (χ2v) is 3.79. The monoisotopic (exact) mass is 232 g/mol. The third kappa shape index (κ3) is 6.17. The van der Waals surface area contributed by atoms with E-state index in [9.17, 15) is 9.59 Å². The van der Waals surface area contributed by atoms with Gasteiger partial charge in [0.15, 0.2) is 0 Å². The van der Waals surface area contributed by atoms with Gasteiger partial charge in [0.1, 0.15) is 0 Å². The van der Waals surface area contributed by atoms with Crippen molar-refractivity contribution in [3.8, 4) is 0 Å². The van der Waals surface area contributed by atoms with Gasteiger partial charge in [0.05, 0.1) is 31.5 Å². The molecule has 0 aromatic heterocycles. The first-order valence-corrected chi connectivity index (χ1v) is 5.57. The smallest absolute Gasteiger partial charge is 0.318 e. The van der Waals surface area contributed by atoms with Crippen LogP contribution < -0.4 is 0 Å². The quantitative estimate of drug-likeness (QED) is 0.381. The number of ether oxygens (including phenoxy) is 1. The second kappa shape index (κ2) is 8.35. The molecule has 0 bridgehead atoms. The molecular weight excluding hydrogens is 216 g/mol. The minimum absolute atomic E-state index is 0.0334. The van der Waals surface area contributed by atoms with E-state index in [1.807, 2.05) is 6.92 Å². The Kier molecular flexibility index (Phi) is 7.81. The SMILES string of the molecule is C=CCC(CC(=O)OSCC)C(=O)OC. The molecule has 1 atom stereocenters. The van der Waals surface area contributed by atoms with E-state index in [2.05, 4.69) is 11.3 Å². The Morgan fingerprint density at radius 2 is 2.20 bits per heavy atom. The van der Waals surface area contributed by atoms with Crippen LogP contribution in [0.5, 0.6) is 0 Å². The largest absolute Gasteiger partial charge is 0.469 e. The fourth-order valence-corrected chi connectivity index (χ4v) is 1.31. The van der Waals surface area contributed by atoms with E-state index in [1.165, 1.54) is 7.11 Å². The molecule has 0 saturated carbocycles. The third-order valence-electron chi connectivity index (χ3n) is 1.67. The second-order valence-electron chi connectivity index (χ2n) is 2.81. The highest BCUT2D eigenvalue weighted by molar-refractivity contribution is 7.95. The summed E-state index contributed by atoms with van der Waals surface area (Å²) in [5.41, 5.74) is 0. The van der Waals surface area contributed by atoms with E-state index >= 15 is 0 Å². The summed E-state index contributed by atoms with van der Waals surface area (Å²) in [6.07, 6.45) is 2.03. The molecule has 4 nitrogen and oxygen atoms in total. The van der Waals surface area contributed by atoms with E-state index in [0.29, 0.717) is 12.2 Å². The zero-order valence-corrected chi connectivity index (χ0v) is 9.84. The summed E-state index contributed by atoms with van der Waals surface area (Å²) in [5, 5.41) is 0. The fraction of sp³-hybridized carbons (Fsp3) is 0.600. The molecule has 0 fully saturated rings. The Hall–Kier alpha value is -0.970. The van der Waals surface area contributed by atoms with Gasteiger partial charge in [-0.3, -0.25) is 9.59 Å². The van der Waals surface area contributed by atoms with Crippen molar-refractivity contribution in [2.24, 2.45) is 5.92 Å². The molecule has 0 radical (unpaired) electrons. The van der Waals surface area contributed by atoms with Crippen LogP contribution in [-0.2, 0) is 18.5 Å². The topological polar surface area (TPSA) is 52.6 Å². The van der Waals surface area contributed by atoms with Crippen molar-refractivity contribution in [3.63, 3.8) is 0 Å². The molecule has 86 valence electrons. The van der Waals surface area contributed by atoms with Crippen LogP contribution in [0.1, 0.15) is 19.8 Å². The highest BCUT2D eigenvalue weighted by Crippen LogP contribution is 2.14. The number of esters is 1. The number of methoxy groups -OCH3 is 1. The number of rotatable bonds is 7. The minimum Gasteiger partial charge on any atom is -0.469 e. The average Bonchev–Trinajstić information content (AvgIpc) is 2.24. The van der Waals surface area contributed by atoms with Gasteiger partial charge in [0, 0.05) is 5.75 Å². The molecule has 0 aliphatic rings. The lowest BCUT2D eigenvalue weighted by Crippen LogP contribution is -2.19. The normalized spacial score (nSPS) is 11.6. The summed E-state index contributed by atoms with van der Waals surface area (Å²) in [6, 6.07) is 0. The maximum absolute atomic E-state index is 11.2. The van der Waals surface area contributed by atoms with Crippen LogP contribution in [0.25, 0.3) is 0 Å². The number of carbonyl (C=O) groups is 2. The molecule has 0 aromatic carbocycles.